The number of aromatic nitrogens is 1. The summed E-state index contributed by atoms with van der Waals surface area (Å²) >= 11 is 1.50. The molecular formula is C21H21F2N3O2S2. The number of halogens is 2. The Labute approximate surface area is 178 Å². The molecule has 0 amide bonds. The predicted molar refractivity (Wildman–Crippen MR) is 114 cm³/mol. The lowest BCUT2D eigenvalue weighted by molar-refractivity contribution is 0.378. The summed E-state index contributed by atoms with van der Waals surface area (Å²) in [6.45, 7) is 5.15. The molecule has 0 radical (unpaired) electrons. The number of nitrogens with zero attached hydrogens (tertiary/aromatic N) is 3. The predicted octanol–water partition coefficient (Wildman–Crippen LogP) is 4.22. The van der Waals surface area contributed by atoms with Gasteiger partial charge < -0.3 is 4.90 Å². The highest BCUT2D eigenvalue weighted by molar-refractivity contribution is 7.89. The van der Waals surface area contributed by atoms with Crippen molar-refractivity contribution < 1.29 is 17.2 Å². The Morgan fingerprint density at radius 3 is 2.17 bits per heavy atom. The van der Waals surface area contributed by atoms with Crippen LogP contribution in [0.15, 0.2) is 46.7 Å². The van der Waals surface area contributed by atoms with E-state index in [1.165, 1.54) is 22.5 Å². The molecule has 0 N–H and O–H groups in total. The number of sulfonamides is 1. The van der Waals surface area contributed by atoms with E-state index >= 15 is 0 Å². The van der Waals surface area contributed by atoms with Gasteiger partial charge in [0.15, 0.2) is 10.0 Å². The van der Waals surface area contributed by atoms with Crippen molar-refractivity contribution in [1.29, 1.82) is 0 Å². The van der Waals surface area contributed by atoms with Gasteiger partial charge in [0.05, 0.1) is 5.69 Å². The van der Waals surface area contributed by atoms with Gasteiger partial charge in [0.25, 0.3) is 0 Å². The Balaban J connectivity index is 1.50. The van der Waals surface area contributed by atoms with Crippen LogP contribution in [0.1, 0.15) is 11.1 Å². The van der Waals surface area contributed by atoms with E-state index < -0.39 is 26.6 Å². The maximum absolute atomic E-state index is 14.0. The van der Waals surface area contributed by atoms with E-state index in [-0.39, 0.29) is 13.1 Å². The summed E-state index contributed by atoms with van der Waals surface area (Å²) in [5, 5.41) is 2.79. The Hall–Kier alpha value is -2.36. The maximum atomic E-state index is 14.0. The molecule has 5 nitrogen and oxygen atoms in total. The van der Waals surface area contributed by atoms with Crippen LogP contribution in [0.2, 0.25) is 0 Å². The molecule has 1 fully saturated rings. The molecule has 3 aromatic rings. The van der Waals surface area contributed by atoms with E-state index in [0.717, 1.165) is 38.9 Å². The van der Waals surface area contributed by atoms with Gasteiger partial charge >= 0.3 is 0 Å². The van der Waals surface area contributed by atoms with E-state index in [0.29, 0.717) is 13.1 Å². The normalized spacial score (nSPS) is 15.5. The molecule has 0 aliphatic carbocycles. The van der Waals surface area contributed by atoms with Crippen LogP contribution in [0.5, 0.6) is 0 Å². The molecule has 30 heavy (non-hydrogen) atoms. The molecule has 158 valence electrons. The van der Waals surface area contributed by atoms with Crippen LogP contribution < -0.4 is 4.90 Å². The van der Waals surface area contributed by atoms with Crippen molar-refractivity contribution in [2.45, 2.75) is 18.7 Å². The lowest BCUT2D eigenvalue weighted by Crippen LogP contribution is -2.49. The summed E-state index contributed by atoms with van der Waals surface area (Å²) in [5.74, 6) is -2.15. The average molecular weight is 450 g/mol. The molecular weight excluding hydrogens is 428 g/mol. The zero-order valence-corrected chi connectivity index (χ0v) is 18.2. The van der Waals surface area contributed by atoms with Gasteiger partial charge in [-0.3, -0.25) is 0 Å². The summed E-state index contributed by atoms with van der Waals surface area (Å²) in [6, 6.07) is 9.33. The highest BCUT2D eigenvalue weighted by Gasteiger charge is 2.33. The number of thiazole rings is 1. The average Bonchev–Trinajstić information content (AvgIpc) is 3.17. The summed E-state index contributed by atoms with van der Waals surface area (Å²) < 4.78 is 54.6. The number of rotatable bonds is 4. The van der Waals surface area contributed by atoms with Gasteiger partial charge in [0.1, 0.15) is 11.6 Å². The van der Waals surface area contributed by atoms with Gasteiger partial charge in [0, 0.05) is 37.1 Å². The third-order valence-electron chi connectivity index (χ3n) is 5.04. The zero-order chi connectivity index (χ0) is 21.5. The summed E-state index contributed by atoms with van der Waals surface area (Å²) in [6.07, 6.45) is 0. The molecule has 9 heteroatoms. The quantitative estimate of drug-likeness (QED) is 0.599. The first-order valence-electron chi connectivity index (χ1n) is 9.49. The second-order valence-corrected chi connectivity index (χ2v) is 10.0. The number of piperazine rings is 1. The minimum absolute atomic E-state index is 0.134. The third-order valence-corrected chi connectivity index (χ3v) is 7.89. The minimum atomic E-state index is -4.24. The lowest BCUT2D eigenvalue weighted by Gasteiger charge is -2.33. The topological polar surface area (TPSA) is 53.5 Å². The molecule has 0 unspecified atom stereocenters. The molecule has 1 saturated heterocycles. The van der Waals surface area contributed by atoms with E-state index in [9.17, 15) is 17.2 Å². The summed E-state index contributed by atoms with van der Waals surface area (Å²) in [7, 11) is -4.24. The molecule has 0 saturated carbocycles. The van der Waals surface area contributed by atoms with Crippen LogP contribution in [-0.2, 0) is 10.0 Å². The second-order valence-electron chi connectivity index (χ2n) is 7.33. The van der Waals surface area contributed by atoms with E-state index in [2.05, 4.69) is 18.2 Å². The van der Waals surface area contributed by atoms with Crippen LogP contribution in [0.25, 0.3) is 11.3 Å². The number of aryl methyl sites for hydroxylation is 2. The molecule has 1 aliphatic heterocycles. The Bertz CT molecular complexity index is 1150. The maximum Gasteiger partial charge on any atom is 0.249 e. The fraction of sp³-hybridized carbons (Fsp3) is 0.286. The van der Waals surface area contributed by atoms with Crippen LogP contribution in [0.4, 0.5) is 13.9 Å². The van der Waals surface area contributed by atoms with Gasteiger partial charge in [-0.05, 0) is 38.1 Å². The number of hydrogen-bond acceptors (Lipinski definition) is 5. The molecule has 0 atom stereocenters. The first kappa shape index (κ1) is 20.9. The fourth-order valence-electron chi connectivity index (χ4n) is 3.64. The monoisotopic (exact) mass is 449 g/mol. The number of anilines is 1. The third kappa shape index (κ3) is 3.97. The van der Waals surface area contributed by atoms with Crippen molar-refractivity contribution in [2.75, 3.05) is 31.1 Å². The molecule has 2 heterocycles. The van der Waals surface area contributed by atoms with Crippen molar-refractivity contribution in [3.05, 3.63) is 64.5 Å². The van der Waals surface area contributed by atoms with Crippen LogP contribution >= 0.6 is 11.3 Å². The zero-order valence-electron chi connectivity index (χ0n) is 16.6. The first-order valence-corrected chi connectivity index (χ1v) is 11.8. The molecule has 1 aliphatic rings. The van der Waals surface area contributed by atoms with Crippen molar-refractivity contribution in [3.8, 4) is 11.3 Å². The summed E-state index contributed by atoms with van der Waals surface area (Å²) in [4.78, 5) is 5.83. The van der Waals surface area contributed by atoms with E-state index in [4.69, 9.17) is 4.98 Å². The van der Waals surface area contributed by atoms with Crippen LogP contribution in [-0.4, -0.2) is 43.9 Å². The minimum Gasteiger partial charge on any atom is -0.345 e. The van der Waals surface area contributed by atoms with Crippen molar-refractivity contribution in [1.82, 2.24) is 9.29 Å². The Morgan fingerprint density at radius 2 is 1.57 bits per heavy atom. The Morgan fingerprint density at radius 1 is 0.967 bits per heavy atom. The molecule has 0 bridgehead atoms. The SMILES string of the molecule is Cc1cc(C)cc(-c2csc(N3CCN(S(=O)(=O)c4c(F)cccc4F)CC3)n2)c1. The van der Waals surface area contributed by atoms with E-state index in [1.54, 1.807) is 0 Å². The summed E-state index contributed by atoms with van der Waals surface area (Å²) in [5.41, 5.74) is 4.26. The highest BCUT2D eigenvalue weighted by Crippen LogP contribution is 2.30. The molecule has 0 spiro atoms. The molecule has 2 aromatic carbocycles. The van der Waals surface area contributed by atoms with Gasteiger partial charge in [-0.1, -0.05) is 23.3 Å². The fourth-order valence-corrected chi connectivity index (χ4v) is 6.06. The van der Waals surface area contributed by atoms with Crippen molar-refractivity contribution in [3.63, 3.8) is 0 Å². The molecule has 1 aromatic heterocycles. The second kappa shape index (κ2) is 8.05. The van der Waals surface area contributed by atoms with Crippen molar-refractivity contribution in [2.24, 2.45) is 0 Å². The van der Waals surface area contributed by atoms with Crippen LogP contribution in [0, 0.1) is 25.5 Å². The lowest BCUT2D eigenvalue weighted by atomic mass is 10.1. The standard InChI is InChI=1S/C21H21F2N3O2S2/c1-14-10-15(2)12-16(11-14)19-13-29-21(24-19)25-6-8-26(9-7-25)30(27,28)20-17(22)4-3-5-18(20)23/h3-5,10-13H,6-9H2,1-2H3. The van der Waals surface area contributed by atoms with Gasteiger partial charge in [-0.25, -0.2) is 22.2 Å². The van der Waals surface area contributed by atoms with Gasteiger partial charge in [-0.2, -0.15) is 4.31 Å². The Kier molecular flexibility index (Phi) is 5.61. The first-order chi connectivity index (χ1) is 14.3. The largest absolute Gasteiger partial charge is 0.345 e. The molecule has 4 rings (SSSR count). The van der Waals surface area contributed by atoms with Crippen LogP contribution in [0.3, 0.4) is 0 Å². The van der Waals surface area contributed by atoms with Gasteiger partial charge in [-0.15, -0.1) is 11.3 Å². The van der Waals surface area contributed by atoms with E-state index in [1.807, 2.05) is 24.1 Å². The number of benzene rings is 2. The smallest absolute Gasteiger partial charge is 0.249 e. The highest BCUT2D eigenvalue weighted by atomic mass is 32.2. The van der Waals surface area contributed by atoms with Crippen molar-refractivity contribution >= 4 is 26.5 Å². The van der Waals surface area contributed by atoms with Gasteiger partial charge in [0.2, 0.25) is 10.0 Å². The number of hydrogen-bond donors (Lipinski definition) is 0.